The standard InChI is InChI=1S/C20H14FNS/c21-16-10-12-17(13-11-16)22-14-19(15-6-2-1-3-7-15)18-8-4-5-9-20(18)23-22/h1-14H. The molecule has 112 valence electrons. The van der Waals surface area contributed by atoms with Crippen LogP contribution < -0.4 is 4.31 Å². The maximum Gasteiger partial charge on any atom is 0.123 e. The predicted molar refractivity (Wildman–Crippen MR) is 94.7 cm³/mol. The third-order valence-corrected chi connectivity index (χ3v) is 4.85. The minimum atomic E-state index is -0.219. The number of hydrogen-bond donors (Lipinski definition) is 0. The van der Waals surface area contributed by atoms with Gasteiger partial charge in [0.25, 0.3) is 0 Å². The molecule has 0 bridgehead atoms. The molecule has 0 spiro atoms. The lowest BCUT2D eigenvalue weighted by atomic mass is 9.98. The molecule has 3 aromatic carbocycles. The van der Waals surface area contributed by atoms with E-state index >= 15 is 0 Å². The first-order valence-electron chi connectivity index (χ1n) is 7.41. The van der Waals surface area contributed by atoms with Gasteiger partial charge in [-0.25, -0.2) is 4.39 Å². The molecule has 23 heavy (non-hydrogen) atoms. The maximum absolute atomic E-state index is 13.2. The Bertz CT molecular complexity index is 856. The largest absolute Gasteiger partial charge is 0.287 e. The Morgan fingerprint density at radius 1 is 0.739 bits per heavy atom. The smallest absolute Gasteiger partial charge is 0.123 e. The summed E-state index contributed by atoms with van der Waals surface area (Å²) in [5, 5.41) is 0. The lowest BCUT2D eigenvalue weighted by Crippen LogP contribution is -2.12. The molecule has 0 amide bonds. The zero-order chi connectivity index (χ0) is 15.6. The minimum Gasteiger partial charge on any atom is -0.287 e. The van der Waals surface area contributed by atoms with Gasteiger partial charge in [-0.3, -0.25) is 4.31 Å². The van der Waals surface area contributed by atoms with E-state index in [-0.39, 0.29) is 5.82 Å². The molecule has 0 fully saturated rings. The number of benzene rings is 3. The first kappa shape index (κ1) is 14.1. The summed E-state index contributed by atoms with van der Waals surface area (Å²) in [6, 6.07) is 25.3. The van der Waals surface area contributed by atoms with Crippen molar-refractivity contribution in [1.82, 2.24) is 0 Å². The summed E-state index contributed by atoms with van der Waals surface area (Å²) >= 11 is 1.65. The van der Waals surface area contributed by atoms with Crippen LogP contribution in [0.5, 0.6) is 0 Å². The first-order chi connectivity index (χ1) is 11.3. The van der Waals surface area contributed by atoms with Gasteiger partial charge < -0.3 is 0 Å². The molecule has 0 aliphatic carbocycles. The van der Waals surface area contributed by atoms with Crippen molar-refractivity contribution in [3.63, 3.8) is 0 Å². The van der Waals surface area contributed by atoms with Gasteiger partial charge >= 0.3 is 0 Å². The molecule has 1 aliphatic heterocycles. The summed E-state index contributed by atoms with van der Waals surface area (Å²) in [4.78, 5) is 1.19. The summed E-state index contributed by atoms with van der Waals surface area (Å²) in [7, 11) is 0. The van der Waals surface area contributed by atoms with Crippen molar-refractivity contribution >= 4 is 23.2 Å². The fourth-order valence-electron chi connectivity index (χ4n) is 2.65. The second-order valence-corrected chi connectivity index (χ2v) is 6.31. The fraction of sp³-hybridized carbons (Fsp3) is 0. The Morgan fingerprint density at radius 3 is 2.22 bits per heavy atom. The van der Waals surface area contributed by atoms with Crippen LogP contribution in [0.2, 0.25) is 0 Å². The number of fused-ring (bicyclic) bond motifs is 1. The molecular formula is C20H14FNS. The van der Waals surface area contributed by atoms with Crippen LogP contribution in [0.1, 0.15) is 11.1 Å². The average molecular weight is 319 g/mol. The van der Waals surface area contributed by atoms with Crippen LogP contribution in [0.25, 0.3) is 5.57 Å². The van der Waals surface area contributed by atoms with Gasteiger partial charge in [-0.1, -0.05) is 48.5 Å². The molecule has 0 saturated carbocycles. The lowest BCUT2D eigenvalue weighted by Gasteiger charge is -2.27. The van der Waals surface area contributed by atoms with Gasteiger partial charge in [0.05, 0.1) is 5.69 Å². The molecule has 0 aromatic heterocycles. The maximum atomic E-state index is 13.2. The van der Waals surface area contributed by atoms with Gasteiger partial charge in [-0.15, -0.1) is 0 Å². The van der Waals surface area contributed by atoms with Crippen LogP contribution in [0.4, 0.5) is 10.1 Å². The van der Waals surface area contributed by atoms with Gasteiger partial charge in [0.1, 0.15) is 5.82 Å². The Labute approximate surface area is 139 Å². The van der Waals surface area contributed by atoms with Gasteiger partial charge in [-0.2, -0.15) is 0 Å². The van der Waals surface area contributed by atoms with Crippen LogP contribution in [-0.2, 0) is 0 Å². The van der Waals surface area contributed by atoms with Crippen molar-refractivity contribution in [2.45, 2.75) is 4.90 Å². The van der Waals surface area contributed by atoms with E-state index in [1.54, 1.807) is 24.1 Å². The van der Waals surface area contributed by atoms with Crippen LogP contribution in [0, 0.1) is 5.82 Å². The van der Waals surface area contributed by atoms with E-state index in [1.165, 1.54) is 33.7 Å². The monoisotopic (exact) mass is 319 g/mol. The summed E-state index contributed by atoms with van der Waals surface area (Å²) in [5.41, 5.74) is 4.53. The molecule has 0 radical (unpaired) electrons. The average Bonchev–Trinajstić information content (AvgIpc) is 2.62. The third-order valence-electron chi connectivity index (χ3n) is 3.79. The second-order valence-electron chi connectivity index (χ2n) is 5.30. The molecule has 0 unspecified atom stereocenters. The van der Waals surface area contributed by atoms with Gasteiger partial charge in [0.2, 0.25) is 0 Å². The van der Waals surface area contributed by atoms with Crippen LogP contribution in [-0.4, -0.2) is 0 Å². The normalized spacial score (nSPS) is 13.4. The highest BCUT2D eigenvalue weighted by Gasteiger charge is 2.20. The number of halogens is 1. The van der Waals surface area contributed by atoms with E-state index in [1.807, 2.05) is 24.3 Å². The predicted octanol–water partition coefficient (Wildman–Crippen LogP) is 5.74. The van der Waals surface area contributed by atoms with Crippen molar-refractivity contribution in [2.75, 3.05) is 4.31 Å². The Balaban J connectivity index is 1.84. The van der Waals surface area contributed by atoms with Crippen LogP contribution >= 0.6 is 11.9 Å². The molecule has 4 rings (SSSR count). The van der Waals surface area contributed by atoms with Crippen molar-refractivity contribution in [2.24, 2.45) is 0 Å². The minimum absolute atomic E-state index is 0.219. The Hall–Kier alpha value is -2.52. The molecule has 3 heteroatoms. The number of hydrogen-bond acceptors (Lipinski definition) is 2. The zero-order valence-electron chi connectivity index (χ0n) is 12.3. The number of nitrogens with zero attached hydrogens (tertiary/aromatic N) is 1. The molecule has 0 atom stereocenters. The SMILES string of the molecule is Fc1ccc(N2C=C(c3ccccc3)c3ccccc3S2)cc1. The molecule has 1 nitrogen and oxygen atoms in total. The van der Waals surface area contributed by atoms with Crippen molar-refractivity contribution in [3.05, 3.63) is 102 Å². The summed E-state index contributed by atoms with van der Waals surface area (Å²) in [5.74, 6) is -0.219. The zero-order valence-corrected chi connectivity index (χ0v) is 13.1. The topological polar surface area (TPSA) is 3.24 Å². The molecule has 1 aliphatic rings. The van der Waals surface area contributed by atoms with Crippen LogP contribution in [0.15, 0.2) is 90.0 Å². The number of rotatable bonds is 2. The van der Waals surface area contributed by atoms with Gasteiger partial charge in [0.15, 0.2) is 0 Å². The molecule has 0 saturated heterocycles. The van der Waals surface area contributed by atoms with Gasteiger partial charge in [0, 0.05) is 16.7 Å². The van der Waals surface area contributed by atoms with E-state index < -0.39 is 0 Å². The highest BCUT2D eigenvalue weighted by molar-refractivity contribution is 8.01. The van der Waals surface area contributed by atoms with E-state index in [0.29, 0.717) is 0 Å². The second kappa shape index (κ2) is 5.94. The summed E-state index contributed by atoms with van der Waals surface area (Å²) < 4.78 is 15.3. The lowest BCUT2D eigenvalue weighted by molar-refractivity contribution is 0.628. The number of anilines is 1. The van der Waals surface area contributed by atoms with Crippen molar-refractivity contribution < 1.29 is 4.39 Å². The van der Waals surface area contributed by atoms with Crippen molar-refractivity contribution in [3.8, 4) is 0 Å². The van der Waals surface area contributed by atoms with E-state index in [2.05, 4.69) is 40.8 Å². The quantitative estimate of drug-likeness (QED) is 0.554. The Morgan fingerprint density at radius 2 is 1.43 bits per heavy atom. The third kappa shape index (κ3) is 2.76. The first-order valence-corrected chi connectivity index (χ1v) is 8.18. The molecule has 1 heterocycles. The Kier molecular flexibility index (Phi) is 3.64. The highest BCUT2D eigenvalue weighted by atomic mass is 32.2. The summed E-state index contributed by atoms with van der Waals surface area (Å²) in [6.45, 7) is 0. The van der Waals surface area contributed by atoms with Crippen LogP contribution in [0.3, 0.4) is 0 Å². The molecule has 0 N–H and O–H groups in total. The highest BCUT2D eigenvalue weighted by Crippen LogP contribution is 2.41. The molecular weight excluding hydrogens is 305 g/mol. The molecule has 3 aromatic rings. The van der Waals surface area contributed by atoms with E-state index in [0.717, 1.165) is 5.69 Å². The summed E-state index contributed by atoms with van der Waals surface area (Å²) in [6.07, 6.45) is 2.12. The van der Waals surface area contributed by atoms with E-state index in [4.69, 9.17) is 0 Å². The van der Waals surface area contributed by atoms with Gasteiger partial charge in [-0.05, 0) is 53.4 Å². The van der Waals surface area contributed by atoms with E-state index in [9.17, 15) is 4.39 Å². The fourth-order valence-corrected chi connectivity index (χ4v) is 3.66. The van der Waals surface area contributed by atoms with Crippen molar-refractivity contribution in [1.29, 1.82) is 0 Å².